The molecule has 0 saturated carbocycles. The number of hydrogen-bond acceptors (Lipinski definition) is 3. The molecule has 0 aromatic carbocycles. The van der Waals surface area contributed by atoms with Gasteiger partial charge in [0.25, 0.3) is 0 Å². The number of halogens is 1. The summed E-state index contributed by atoms with van der Waals surface area (Å²) in [6.45, 7) is 1.33. The van der Waals surface area contributed by atoms with E-state index in [-0.39, 0.29) is 12.8 Å². The molecule has 0 unspecified atom stereocenters. The van der Waals surface area contributed by atoms with Crippen molar-refractivity contribution in [2.24, 2.45) is 0 Å². The summed E-state index contributed by atoms with van der Waals surface area (Å²) in [6, 6.07) is 0. The number of carbonyl (C=O) groups is 1. The van der Waals surface area contributed by atoms with Gasteiger partial charge in [-0.3, -0.25) is 0 Å². The molecule has 0 amide bonds. The first kappa shape index (κ1) is 9.45. The van der Waals surface area contributed by atoms with Crippen molar-refractivity contribution in [3.05, 3.63) is 0 Å². The molecule has 1 heterocycles. The molecule has 1 saturated heterocycles. The van der Waals surface area contributed by atoms with Gasteiger partial charge in [0.2, 0.25) is 5.67 Å². The smallest absolute Gasteiger partial charge is 0.343 e. The lowest BCUT2D eigenvalue weighted by atomic mass is 9.97. The monoisotopic (exact) mass is 175 g/mol. The van der Waals surface area contributed by atoms with Crippen molar-refractivity contribution in [2.75, 3.05) is 20.2 Å². The van der Waals surface area contributed by atoms with Crippen LogP contribution in [0.4, 0.5) is 4.39 Å². The van der Waals surface area contributed by atoms with E-state index in [2.05, 4.69) is 10.1 Å². The number of ether oxygens (including phenoxy) is 1. The second-order valence-electron chi connectivity index (χ2n) is 3.06. The molecule has 12 heavy (non-hydrogen) atoms. The van der Waals surface area contributed by atoms with Gasteiger partial charge in [0.05, 0.1) is 7.11 Å². The Balaban J connectivity index is 2.59. The first-order chi connectivity index (χ1) is 5.69. The van der Waals surface area contributed by atoms with Crippen molar-refractivity contribution in [1.29, 1.82) is 0 Å². The number of esters is 1. The highest BCUT2D eigenvalue weighted by molar-refractivity contribution is 5.79. The van der Waals surface area contributed by atoms with Crippen LogP contribution >= 0.6 is 0 Å². The zero-order chi connectivity index (χ0) is 9.03. The van der Waals surface area contributed by atoms with Crippen molar-refractivity contribution in [1.82, 2.24) is 5.32 Å². The van der Waals surface area contributed by atoms with E-state index in [0.29, 0.717) is 13.0 Å². The summed E-state index contributed by atoms with van der Waals surface area (Å²) in [7, 11) is 1.22. The predicted octanol–water partition coefficient (Wildman–Crippen LogP) is 0.641. The third-order valence-corrected chi connectivity index (χ3v) is 2.18. The van der Waals surface area contributed by atoms with Gasteiger partial charge in [0.15, 0.2) is 0 Å². The van der Waals surface area contributed by atoms with E-state index in [1.54, 1.807) is 0 Å². The fourth-order valence-electron chi connectivity index (χ4n) is 1.42. The number of hydrogen-bond donors (Lipinski definition) is 1. The summed E-state index contributed by atoms with van der Waals surface area (Å²) in [5, 5.41) is 3.03. The quantitative estimate of drug-likeness (QED) is 0.594. The average Bonchev–Trinajstić information content (AvgIpc) is 2.29. The largest absolute Gasteiger partial charge is 0.467 e. The Morgan fingerprint density at radius 2 is 2.25 bits per heavy atom. The molecule has 1 aliphatic heterocycles. The first-order valence-electron chi connectivity index (χ1n) is 4.17. The number of rotatable bonds is 1. The lowest BCUT2D eigenvalue weighted by Gasteiger charge is -2.19. The topological polar surface area (TPSA) is 38.3 Å². The standard InChI is InChI=1S/C8H14FNO2/c1-12-7(11)8(9)3-2-5-10-6-4-8/h10H,2-6H2,1H3/t8-/m0/s1. The Bertz CT molecular complexity index is 164. The number of methoxy groups -OCH3 is 1. The Kier molecular flexibility index (Phi) is 3.03. The molecule has 1 rings (SSSR count). The zero-order valence-corrected chi connectivity index (χ0v) is 7.23. The lowest BCUT2D eigenvalue weighted by molar-refractivity contribution is -0.155. The zero-order valence-electron chi connectivity index (χ0n) is 7.23. The Morgan fingerprint density at radius 3 is 2.92 bits per heavy atom. The third kappa shape index (κ3) is 1.94. The van der Waals surface area contributed by atoms with E-state index < -0.39 is 11.6 Å². The molecule has 0 aliphatic carbocycles. The van der Waals surface area contributed by atoms with Gasteiger partial charge < -0.3 is 10.1 Å². The SMILES string of the molecule is COC(=O)[C@]1(F)CCCNCC1. The van der Waals surface area contributed by atoms with Crippen molar-refractivity contribution in [3.63, 3.8) is 0 Å². The molecule has 1 fully saturated rings. The second-order valence-corrected chi connectivity index (χ2v) is 3.06. The molecule has 0 radical (unpaired) electrons. The van der Waals surface area contributed by atoms with Crippen LogP contribution in [-0.4, -0.2) is 31.8 Å². The molecule has 0 bridgehead atoms. The number of carbonyl (C=O) groups excluding carboxylic acids is 1. The predicted molar refractivity (Wildman–Crippen MR) is 42.6 cm³/mol. The van der Waals surface area contributed by atoms with E-state index >= 15 is 0 Å². The summed E-state index contributed by atoms with van der Waals surface area (Å²) >= 11 is 0. The van der Waals surface area contributed by atoms with Crippen molar-refractivity contribution < 1.29 is 13.9 Å². The molecule has 3 nitrogen and oxygen atoms in total. The molecular weight excluding hydrogens is 161 g/mol. The maximum Gasteiger partial charge on any atom is 0.343 e. The van der Waals surface area contributed by atoms with E-state index in [1.165, 1.54) is 7.11 Å². The van der Waals surface area contributed by atoms with Crippen LogP contribution in [0.25, 0.3) is 0 Å². The van der Waals surface area contributed by atoms with Gasteiger partial charge in [-0.2, -0.15) is 0 Å². The van der Waals surface area contributed by atoms with Crippen LogP contribution in [0.2, 0.25) is 0 Å². The molecule has 4 heteroatoms. The molecular formula is C8H14FNO2. The highest BCUT2D eigenvalue weighted by Crippen LogP contribution is 2.25. The summed E-state index contributed by atoms with van der Waals surface area (Å²) < 4.78 is 18.1. The maximum absolute atomic E-state index is 13.7. The minimum atomic E-state index is -1.75. The van der Waals surface area contributed by atoms with Crippen LogP contribution in [-0.2, 0) is 9.53 Å². The fourth-order valence-corrected chi connectivity index (χ4v) is 1.42. The van der Waals surface area contributed by atoms with E-state index in [0.717, 1.165) is 6.54 Å². The molecule has 1 N–H and O–H groups in total. The van der Waals surface area contributed by atoms with Gasteiger partial charge in [0.1, 0.15) is 0 Å². The van der Waals surface area contributed by atoms with Crippen LogP contribution in [0.3, 0.4) is 0 Å². The Hall–Kier alpha value is -0.640. The van der Waals surface area contributed by atoms with Gasteiger partial charge in [-0.1, -0.05) is 0 Å². The molecule has 0 spiro atoms. The van der Waals surface area contributed by atoms with Crippen molar-refractivity contribution in [2.45, 2.75) is 24.9 Å². The molecule has 0 aromatic rings. The maximum atomic E-state index is 13.7. The van der Waals surface area contributed by atoms with Gasteiger partial charge >= 0.3 is 5.97 Å². The van der Waals surface area contributed by atoms with Crippen molar-refractivity contribution >= 4 is 5.97 Å². The number of alkyl halides is 1. The third-order valence-electron chi connectivity index (χ3n) is 2.18. The van der Waals surface area contributed by atoms with Gasteiger partial charge in [0, 0.05) is 6.42 Å². The highest BCUT2D eigenvalue weighted by Gasteiger charge is 2.39. The van der Waals surface area contributed by atoms with Crippen LogP contribution in [0.1, 0.15) is 19.3 Å². The van der Waals surface area contributed by atoms with E-state index in [1.807, 2.05) is 0 Å². The highest BCUT2D eigenvalue weighted by atomic mass is 19.1. The number of nitrogens with one attached hydrogen (secondary N) is 1. The minimum Gasteiger partial charge on any atom is -0.467 e. The van der Waals surface area contributed by atoms with Crippen LogP contribution in [0.15, 0.2) is 0 Å². The minimum absolute atomic E-state index is 0.222. The van der Waals surface area contributed by atoms with Gasteiger partial charge in [-0.15, -0.1) is 0 Å². The Labute approximate surface area is 71.3 Å². The van der Waals surface area contributed by atoms with Crippen LogP contribution in [0.5, 0.6) is 0 Å². The normalized spacial score (nSPS) is 30.8. The van der Waals surface area contributed by atoms with Crippen LogP contribution < -0.4 is 5.32 Å². The summed E-state index contributed by atoms with van der Waals surface area (Å²) in [5.41, 5.74) is -1.75. The van der Waals surface area contributed by atoms with E-state index in [4.69, 9.17) is 0 Å². The van der Waals surface area contributed by atoms with Gasteiger partial charge in [-0.05, 0) is 25.9 Å². The molecule has 0 aromatic heterocycles. The molecule has 1 atom stereocenters. The van der Waals surface area contributed by atoms with E-state index in [9.17, 15) is 9.18 Å². The van der Waals surface area contributed by atoms with Gasteiger partial charge in [-0.25, -0.2) is 9.18 Å². The summed E-state index contributed by atoms with van der Waals surface area (Å²) in [5.74, 6) is -0.730. The summed E-state index contributed by atoms with van der Waals surface area (Å²) in [6.07, 6.45) is 1.18. The van der Waals surface area contributed by atoms with Crippen LogP contribution in [0, 0.1) is 0 Å². The lowest BCUT2D eigenvalue weighted by Crippen LogP contribution is -2.35. The fraction of sp³-hybridized carbons (Fsp3) is 0.875. The first-order valence-corrected chi connectivity index (χ1v) is 4.17. The molecule has 70 valence electrons. The Morgan fingerprint density at radius 1 is 1.50 bits per heavy atom. The average molecular weight is 175 g/mol. The summed E-state index contributed by atoms with van der Waals surface area (Å²) in [4.78, 5) is 11.0. The second kappa shape index (κ2) is 3.85. The van der Waals surface area contributed by atoms with Crippen molar-refractivity contribution in [3.8, 4) is 0 Å². The molecule has 1 aliphatic rings.